The summed E-state index contributed by atoms with van der Waals surface area (Å²) in [5.74, 6) is -1.17. The number of aliphatic hydroxyl groups is 1. The smallest absolute Gasteiger partial charge is 0.346 e. The van der Waals surface area contributed by atoms with Gasteiger partial charge in [0, 0.05) is 5.56 Å². The summed E-state index contributed by atoms with van der Waals surface area (Å²) in [6, 6.07) is 3.10. The molecule has 3 rings (SSSR count). The molecule has 0 bridgehead atoms. The van der Waals surface area contributed by atoms with Crippen LogP contribution in [0.5, 0.6) is 23.0 Å². The number of cyclic esters (lactones) is 1. The molecule has 0 saturated heterocycles. The highest BCUT2D eigenvalue weighted by Gasteiger charge is 2.35. The van der Waals surface area contributed by atoms with Crippen LogP contribution in [0.4, 0.5) is 0 Å². The van der Waals surface area contributed by atoms with Crippen LogP contribution >= 0.6 is 34.8 Å². The Hall–Kier alpha value is -2.19. The van der Waals surface area contributed by atoms with Crippen LogP contribution in [-0.2, 0) is 16.1 Å². The highest BCUT2D eigenvalue weighted by molar-refractivity contribution is 6.49. The Balaban J connectivity index is 2.23. The van der Waals surface area contributed by atoms with Gasteiger partial charge in [0.05, 0.1) is 34.2 Å². The van der Waals surface area contributed by atoms with Gasteiger partial charge >= 0.3 is 11.9 Å². The molecule has 1 N–H and O–H groups in total. The predicted molar refractivity (Wildman–Crippen MR) is 133 cm³/mol. The number of ether oxygens (including phenoxy) is 4. The van der Waals surface area contributed by atoms with Gasteiger partial charge in [-0.25, -0.2) is 4.79 Å². The van der Waals surface area contributed by atoms with Crippen molar-refractivity contribution in [2.24, 2.45) is 11.3 Å². The van der Waals surface area contributed by atoms with Crippen molar-refractivity contribution >= 4 is 46.7 Å². The summed E-state index contributed by atoms with van der Waals surface area (Å²) in [5, 5.41) is 10.5. The van der Waals surface area contributed by atoms with E-state index in [-0.39, 0.29) is 61.7 Å². The summed E-state index contributed by atoms with van der Waals surface area (Å²) in [5.41, 5.74) is -0.305. The molecule has 190 valence electrons. The maximum atomic E-state index is 13.1. The third kappa shape index (κ3) is 5.48. The van der Waals surface area contributed by atoms with E-state index in [1.807, 2.05) is 13.8 Å². The van der Waals surface area contributed by atoms with Gasteiger partial charge in [0.1, 0.15) is 28.7 Å². The minimum atomic E-state index is -0.883. The van der Waals surface area contributed by atoms with Crippen molar-refractivity contribution in [3.05, 3.63) is 43.9 Å². The van der Waals surface area contributed by atoms with Crippen molar-refractivity contribution in [2.45, 2.75) is 53.8 Å². The first kappa shape index (κ1) is 27.4. The number of aliphatic hydroxyl groups excluding tert-OH is 1. The van der Waals surface area contributed by atoms with Gasteiger partial charge in [0.15, 0.2) is 11.5 Å². The summed E-state index contributed by atoms with van der Waals surface area (Å²) in [4.78, 5) is 25.7. The molecule has 0 radical (unpaired) electrons. The van der Waals surface area contributed by atoms with Gasteiger partial charge in [-0.2, -0.15) is 0 Å². The first-order chi connectivity index (χ1) is 16.3. The summed E-state index contributed by atoms with van der Waals surface area (Å²) >= 11 is 19.1. The molecule has 2 aromatic rings. The maximum Gasteiger partial charge on any atom is 0.346 e. The Morgan fingerprint density at radius 3 is 2.34 bits per heavy atom. The first-order valence-corrected chi connectivity index (χ1v) is 12.1. The Morgan fingerprint density at radius 2 is 1.77 bits per heavy atom. The van der Waals surface area contributed by atoms with Gasteiger partial charge in [-0.3, -0.25) is 4.79 Å². The van der Waals surface area contributed by atoms with Crippen LogP contribution in [0.2, 0.25) is 15.1 Å². The van der Waals surface area contributed by atoms with E-state index in [2.05, 4.69) is 0 Å². The molecule has 1 heterocycles. The molecule has 2 aromatic carbocycles. The predicted octanol–water partition coefficient (Wildman–Crippen LogP) is 7.15. The number of benzene rings is 2. The van der Waals surface area contributed by atoms with Crippen LogP contribution in [0.25, 0.3) is 0 Å². The van der Waals surface area contributed by atoms with Crippen LogP contribution in [0.15, 0.2) is 12.1 Å². The number of methoxy groups -OCH3 is 1. The van der Waals surface area contributed by atoms with E-state index >= 15 is 0 Å². The van der Waals surface area contributed by atoms with E-state index in [1.165, 1.54) is 13.2 Å². The molecule has 0 aromatic heterocycles. The van der Waals surface area contributed by atoms with Crippen molar-refractivity contribution in [1.29, 1.82) is 0 Å². The standard InChI is InChI=1S/C25H27Cl3O7/c1-11(2)9-14(29)12-7-8-15-16(20(12)32-6)23(30)33-10-13-17(26)18(27)19(28)22(21(13)34-15)35-24(31)25(3,4)5/h7-8,11,14,29H,9-10H2,1-6H3. The van der Waals surface area contributed by atoms with Crippen LogP contribution in [-0.4, -0.2) is 24.2 Å². The maximum absolute atomic E-state index is 13.1. The van der Waals surface area contributed by atoms with Crippen LogP contribution in [0.1, 0.15) is 68.6 Å². The molecule has 0 fully saturated rings. The molecule has 0 amide bonds. The van der Waals surface area contributed by atoms with E-state index in [0.717, 1.165) is 0 Å². The normalized spacial score (nSPS) is 14.2. The average Bonchev–Trinajstić information content (AvgIpc) is 2.76. The average molecular weight is 546 g/mol. The third-order valence-corrected chi connectivity index (χ3v) is 6.66. The van der Waals surface area contributed by atoms with Gasteiger partial charge in [0.2, 0.25) is 0 Å². The van der Waals surface area contributed by atoms with Crippen molar-refractivity contribution in [1.82, 2.24) is 0 Å². The van der Waals surface area contributed by atoms with E-state index in [0.29, 0.717) is 12.0 Å². The monoisotopic (exact) mass is 544 g/mol. The minimum absolute atomic E-state index is 0.00517. The Kier molecular flexibility index (Phi) is 8.16. The Labute approximate surface area is 219 Å². The van der Waals surface area contributed by atoms with E-state index < -0.39 is 23.5 Å². The van der Waals surface area contributed by atoms with Crippen LogP contribution in [0, 0.1) is 11.3 Å². The Morgan fingerprint density at radius 1 is 1.11 bits per heavy atom. The highest BCUT2D eigenvalue weighted by atomic mass is 35.5. The zero-order valence-electron chi connectivity index (χ0n) is 20.3. The Bertz CT molecular complexity index is 1170. The zero-order valence-corrected chi connectivity index (χ0v) is 22.5. The number of rotatable bonds is 5. The molecule has 1 aliphatic heterocycles. The van der Waals surface area contributed by atoms with Crippen LogP contribution in [0.3, 0.4) is 0 Å². The van der Waals surface area contributed by atoms with Gasteiger partial charge in [-0.05, 0) is 45.2 Å². The lowest BCUT2D eigenvalue weighted by atomic mass is 9.96. The third-order valence-electron chi connectivity index (χ3n) is 5.31. The summed E-state index contributed by atoms with van der Waals surface area (Å²) in [6.45, 7) is 8.63. The lowest BCUT2D eigenvalue weighted by Gasteiger charge is -2.26. The minimum Gasteiger partial charge on any atom is -0.495 e. The van der Waals surface area contributed by atoms with Crippen molar-refractivity contribution in [3.63, 3.8) is 0 Å². The van der Waals surface area contributed by atoms with E-state index in [9.17, 15) is 14.7 Å². The fourth-order valence-corrected chi connectivity index (χ4v) is 4.18. The molecular weight excluding hydrogens is 519 g/mol. The van der Waals surface area contributed by atoms with Crippen LogP contribution < -0.4 is 14.2 Å². The largest absolute Gasteiger partial charge is 0.495 e. The number of esters is 2. The molecule has 0 aliphatic carbocycles. The highest BCUT2D eigenvalue weighted by Crippen LogP contribution is 2.52. The van der Waals surface area contributed by atoms with Crippen molar-refractivity contribution < 1.29 is 33.6 Å². The second-order valence-corrected chi connectivity index (χ2v) is 10.7. The number of hydrogen-bond acceptors (Lipinski definition) is 7. The van der Waals surface area contributed by atoms with Crippen molar-refractivity contribution in [2.75, 3.05) is 7.11 Å². The molecule has 1 atom stereocenters. The van der Waals surface area contributed by atoms with E-state index in [4.69, 9.17) is 53.8 Å². The molecule has 0 saturated carbocycles. The number of carbonyl (C=O) groups is 2. The SMILES string of the molecule is COc1c(C(O)CC(C)C)ccc2c1C(=O)OCc1c(Cl)c(Cl)c(Cl)c(OC(=O)C(C)(C)C)c1O2. The molecule has 1 aliphatic rings. The van der Waals surface area contributed by atoms with Gasteiger partial charge < -0.3 is 24.1 Å². The number of hydrogen-bond donors (Lipinski definition) is 1. The molecule has 0 spiro atoms. The summed E-state index contributed by atoms with van der Waals surface area (Å²) in [7, 11) is 1.38. The quantitative estimate of drug-likeness (QED) is 0.242. The molecule has 1 unspecified atom stereocenters. The van der Waals surface area contributed by atoms with Gasteiger partial charge in [-0.1, -0.05) is 48.7 Å². The lowest BCUT2D eigenvalue weighted by molar-refractivity contribution is -0.143. The summed E-state index contributed by atoms with van der Waals surface area (Å²) in [6.07, 6.45) is -0.434. The number of carbonyl (C=O) groups excluding carboxylic acids is 2. The zero-order chi connectivity index (χ0) is 26.2. The van der Waals surface area contributed by atoms with Crippen molar-refractivity contribution in [3.8, 4) is 23.0 Å². The molecule has 7 nitrogen and oxygen atoms in total. The lowest BCUT2D eigenvalue weighted by Crippen LogP contribution is -2.26. The van der Waals surface area contributed by atoms with Gasteiger partial charge in [-0.15, -0.1) is 0 Å². The molecular formula is C25H27Cl3O7. The second kappa shape index (κ2) is 10.4. The second-order valence-electron chi connectivity index (χ2n) is 9.60. The number of halogens is 3. The summed E-state index contributed by atoms with van der Waals surface area (Å²) < 4.78 is 22.7. The fraction of sp³-hybridized carbons (Fsp3) is 0.440. The number of fused-ring (bicyclic) bond motifs is 2. The van der Waals surface area contributed by atoms with E-state index in [1.54, 1.807) is 26.8 Å². The van der Waals surface area contributed by atoms with Gasteiger partial charge in [0.25, 0.3) is 0 Å². The molecule has 35 heavy (non-hydrogen) atoms. The topological polar surface area (TPSA) is 91.3 Å². The molecule has 10 heteroatoms. The first-order valence-electron chi connectivity index (χ1n) is 10.9. The fourth-order valence-electron chi connectivity index (χ4n) is 3.47.